The predicted molar refractivity (Wildman–Crippen MR) is 66.1 cm³/mol. The summed E-state index contributed by atoms with van der Waals surface area (Å²) in [6, 6.07) is 10.2. The molecule has 82 valence electrons. The zero-order chi connectivity index (χ0) is 11.2. The molecule has 2 rings (SSSR count). The summed E-state index contributed by atoms with van der Waals surface area (Å²) in [5.74, 6) is 0.831. The highest BCUT2D eigenvalue weighted by atomic mass is 32.2. The molecule has 1 atom stereocenters. The number of rotatable bonds is 4. The summed E-state index contributed by atoms with van der Waals surface area (Å²) in [4.78, 5) is 9.15. The number of nitrogens with two attached hydrogens (primary N) is 1. The number of benzene rings is 1. The van der Waals surface area contributed by atoms with Crippen LogP contribution in [0.2, 0.25) is 0 Å². The van der Waals surface area contributed by atoms with E-state index in [-0.39, 0.29) is 6.04 Å². The van der Waals surface area contributed by atoms with Gasteiger partial charge in [-0.1, -0.05) is 18.2 Å². The fourth-order valence-electron chi connectivity index (χ4n) is 1.30. The van der Waals surface area contributed by atoms with E-state index in [4.69, 9.17) is 5.73 Å². The quantitative estimate of drug-likeness (QED) is 0.820. The van der Waals surface area contributed by atoms with Crippen LogP contribution in [0.1, 0.15) is 11.6 Å². The Bertz CT molecular complexity index is 419. The van der Waals surface area contributed by atoms with Gasteiger partial charge in [0.25, 0.3) is 0 Å². The molecule has 0 amide bonds. The van der Waals surface area contributed by atoms with Gasteiger partial charge in [0.1, 0.15) is 6.33 Å². The van der Waals surface area contributed by atoms with Gasteiger partial charge < -0.3 is 5.73 Å². The second-order valence-corrected chi connectivity index (χ2v) is 4.50. The van der Waals surface area contributed by atoms with Crippen molar-refractivity contribution in [2.75, 3.05) is 5.75 Å². The standard InChI is InChI=1S/C12H13N3S/c13-12(10-6-14-9-15-7-10)8-16-11-4-2-1-3-5-11/h1-7,9,12H,8,13H2. The first-order valence-corrected chi connectivity index (χ1v) is 6.03. The number of thioether (sulfide) groups is 1. The first kappa shape index (κ1) is 11.1. The number of nitrogens with zero attached hydrogens (tertiary/aromatic N) is 2. The van der Waals surface area contributed by atoms with E-state index in [1.165, 1.54) is 11.2 Å². The van der Waals surface area contributed by atoms with Gasteiger partial charge in [-0.15, -0.1) is 11.8 Å². The van der Waals surface area contributed by atoms with Crippen molar-refractivity contribution in [3.8, 4) is 0 Å². The van der Waals surface area contributed by atoms with Crippen molar-refractivity contribution in [2.45, 2.75) is 10.9 Å². The lowest BCUT2D eigenvalue weighted by molar-refractivity contribution is 0.814. The second kappa shape index (κ2) is 5.63. The smallest absolute Gasteiger partial charge is 0.115 e. The normalized spacial score (nSPS) is 12.3. The summed E-state index contributed by atoms with van der Waals surface area (Å²) in [5.41, 5.74) is 7.02. The summed E-state index contributed by atoms with van der Waals surface area (Å²) in [6.45, 7) is 0. The number of hydrogen-bond donors (Lipinski definition) is 1. The molecule has 3 nitrogen and oxygen atoms in total. The van der Waals surface area contributed by atoms with E-state index < -0.39 is 0 Å². The summed E-state index contributed by atoms with van der Waals surface area (Å²) < 4.78 is 0. The highest BCUT2D eigenvalue weighted by Crippen LogP contribution is 2.22. The van der Waals surface area contributed by atoms with Crippen LogP contribution in [-0.2, 0) is 0 Å². The molecule has 0 aliphatic carbocycles. The summed E-state index contributed by atoms with van der Waals surface area (Å²) in [7, 11) is 0. The Morgan fingerprint density at radius 1 is 1.12 bits per heavy atom. The summed E-state index contributed by atoms with van der Waals surface area (Å²) in [6.07, 6.45) is 5.05. The Balaban J connectivity index is 1.92. The van der Waals surface area contributed by atoms with E-state index in [0.717, 1.165) is 11.3 Å². The van der Waals surface area contributed by atoms with E-state index in [1.54, 1.807) is 24.2 Å². The van der Waals surface area contributed by atoms with Crippen LogP contribution < -0.4 is 5.73 Å². The lowest BCUT2D eigenvalue weighted by Crippen LogP contribution is -2.13. The molecule has 0 bridgehead atoms. The number of aromatic nitrogens is 2. The number of hydrogen-bond acceptors (Lipinski definition) is 4. The Kier molecular flexibility index (Phi) is 3.91. The van der Waals surface area contributed by atoms with Crippen molar-refractivity contribution < 1.29 is 0 Å². The fraction of sp³-hybridized carbons (Fsp3) is 0.167. The van der Waals surface area contributed by atoms with Crippen LogP contribution in [0.4, 0.5) is 0 Å². The Hall–Kier alpha value is -1.39. The maximum Gasteiger partial charge on any atom is 0.115 e. The second-order valence-electron chi connectivity index (χ2n) is 3.40. The minimum absolute atomic E-state index is 0.0218. The zero-order valence-electron chi connectivity index (χ0n) is 8.78. The maximum atomic E-state index is 6.04. The molecule has 2 aromatic rings. The van der Waals surface area contributed by atoms with Crippen LogP contribution in [0, 0.1) is 0 Å². The zero-order valence-corrected chi connectivity index (χ0v) is 9.60. The highest BCUT2D eigenvalue weighted by Gasteiger charge is 2.06. The van der Waals surface area contributed by atoms with Crippen LogP contribution in [0.25, 0.3) is 0 Å². The van der Waals surface area contributed by atoms with E-state index >= 15 is 0 Å². The molecule has 0 aliphatic heterocycles. The topological polar surface area (TPSA) is 51.8 Å². The Morgan fingerprint density at radius 3 is 2.50 bits per heavy atom. The fourth-order valence-corrected chi connectivity index (χ4v) is 2.22. The third-order valence-corrected chi connectivity index (χ3v) is 3.31. The Morgan fingerprint density at radius 2 is 1.81 bits per heavy atom. The van der Waals surface area contributed by atoms with Crippen LogP contribution in [0.5, 0.6) is 0 Å². The minimum Gasteiger partial charge on any atom is -0.323 e. The van der Waals surface area contributed by atoms with E-state index in [1.807, 2.05) is 18.2 Å². The molecule has 0 saturated heterocycles. The van der Waals surface area contributed by atoms with Crippen molar-refractivity contribution in [3.63, 3.8) is 0 Å². The molecule has 0 saturated carbocycles. The average molecular weight is 231 g/mol. The van der Waals surface area contributed by atoms with Crippen molar-refractivity contribution >= 4 is 11.8 Å². The SMILES string of the molecule is NC(CSc1ccccc1)c1cncnc1. The van der Waals surface area contributed by atoms with Gasteiger partial charge in [-0.3, -0.25) is 0 Å². The van der Waals surface area contributed by atoms with Gasteiger partial charge in [0.15, 0.2) is 0 Å². The van der Waals surface area contributed by atoms with Crippen LogP contribution in [-0.4, -0.2) is 15.7 Å². The maximum absolute atomic E-state index is 6.04. The largest absolute Gasteiger partial charge is 0.323 e. The highest BCUT2D eigenvalue weighted by molar-refractivity contribution is 7.99. The van der Waals surface area contributed by atoms with Crippen molar-refractivity contribution in [3.05, 3.63) is 54.6 Å². The third kappa shape index (κ3) is 3.05. The molecule has 1 aromatic carbocycles. The monoisotopic (exact) mass is 231 g/mol. The Labute approximate surface area is 99.1 Å². The molecule has 4 heteroatoms. The average Bonchev–Trinajstić information content (AvgIpc) is 2.38. The van der Waals surface area contributed by atoms with Gasteiger partial charge in [0, 0.05) is 34.6 Å². The first-order chi connectivity index (χ1) is 7.86. The van der Waals surface area contributed by atoms with Gasteiger partial charge in [-0.05, 0) is 12.1 Å². The predicted octanol–water partition coefficient (Wildman–Crippen LogP) is 2.27. The molecular formula is C12H13N3S. The van der Waals surface area contributed by atoms with Crippen LogP contribution >= 0.6 is 11.8 Å². The molecule has 0 radical (unpaired) electrons. The third-order valence-electron chi connectivity index (χ3n) is 2.18. The molecule has 0 fully saturated rings. The van der Waals surface area contributed by atoms with E-state index in [0.29, 0.717) is 0 Å². The van der Waals surface area contributed by atoms with Gasteiger partial charge >= 0.3 is 0 Å². The van der Waals surface area contributed by atoms with Crippen molar-refractivity contribution in [2.24, 2.45) is 5.73 Å². The van der Waals surface area contributed by atoms with Gasteiger partial charge in [0.2, 0.25) is 0 Å². The molecule has 1 heterocycles. The lowest BCUT2D eigenvalue weighted by Gasteiger charge is -2.10. The molecule has 0 aliphatic rings. The van der Waals surface area contributed by atoms with Crippen molar-refractivity contribution in [1.29, 1.82) is 0 Å². The first-order valence-electron chi connectivity index (χ1n) is 5.04. The summed E-state index contributed by atoms with van der Waals surface area (Å²) >= 11 is 1.74. The molecule has 0 spiro atoms. The molecule has 1 aromatic heterocycles. The van der Waals surface area contributed by atoms with Gasteiger partial charge in [-0.25, -0.2) is 9.97 Å². The van der Waals surface area contributed by atoms with Gasteiger partial charge in [0.05, 0.1) is 0 Å². The van der Waals surface area contributed by atoms with Crippen LogP contribution in [0.3, 0.4) is 0 Å². The van der Waals surface area contributed by atoms with Crippen molar-refractivity contribution in [1.82, 2.24) is 9.97 Å². The molecular weight excluding hydrogens is 218 g/mol. The molecule has 2 N–H and O–H groups in total. The van der Waals surface area contributed by atoms with E-state index in [9.17, 15) is 0 Å². The van der Waals surface area contributed by atoms with Crippen LogP contribution in [0.15, 0.2) is 53.9 Å². The van der Waals surface area contributed by atoms with E-state index in [2.05, 4.69) is 22.1 Å². The summed E-state index contributed by atoms with van der Waals surface area (Å²) in [5, 5.41) is 0. The van der Waals surface area contributed by atoms with Gasteiger partial charge in [-0.2, -0.15) is 0 Å². The molecule has 16 heavy (non-hydrogen) atoms. The molecule has 1 unspecified atom stereocenters. The lowest BCUT2D eigenvalue weighted by atomic mass is 10.2. The minimum atomic E-state index is -0.0218.